The number of carbonyl (C=O) groups excluding carboxylic acids is 3. The van der Waals surface area contributed by atoms with Crippen LogP contribution >= 0.6 is 11.8 Å². The lowest BCUT2D eigenvalue weighted by Crippen LogP contribution is -2.28. The van der Waals surface area contributed by atoms with Crippen molar-refractivity contribution in [3.05, 3.63) is 29.8 Å². The summed E-state index contributed by atoms with van der Waals surface area (Å²) in [4.78, 5) is 35.3. The van der Waals surface area contributed by atoms with Gasteiger partial charge in [-0.1, -0.05) is 23.9 Å². The van der Waals surface area contributed by atoms with Crippen molar-refractivity contribution in [1.82, 2.24) is 5.32 Å². The second kappa shape index (κ2) is 7.08. The van der Waals surface area contributed by atoms with Gasteiger partial charge in [-0.15, -0.1) is 0 Å². The van der Waals surface area contributed by atoms with Gasteiger partial charge in [0.25, 0.3) is 0 Å². The number of hydrogen-bond acceptors (Lipinski definition) is 6. The molecule has 0 radical (unpaired) electrons. The Bertz CT molecular complexity index is 632. The van der Waals surface area contributed by atoms with E-state index in [1.807, 2.05) is 0 Å². The quantitative estimate of drug-likeness (QED) is 0.710. The summed E-state index contributed by atoms with van der Waals surface area (Å²) in [6.07, 6.45) is -0.0734. The Balaban J connectivity index is 2.04. The molecule has 1 aromatic carbocycles. The van der Waals surface area contributed by atoms with E-state index in [1.54, 1.807) is 31.2 Å². The zero-order valence-electron chi connectivity index (χ0n) is 11.8. The van der Waals surface area contributed by atoms with E-state index in [1.165, 1.54) is 0 Å². The van der Waals surface area contributed by atoms with Gasteiger partial charge in [-0.3, -0.25) is 15.0 Å². The summed E-state index contributed by atoms with van der Waals surface area (Å²) in [7, 11) is 0. The first-order valence-corrected chi connectivity index (χ1v) is 7.51. The largest absolute Gasteiger partial charge is 0.462 e. The van der Waals surface area contributed by atoms with Crippen LogP contribution in [0.4, 0.5) is 5.69 Å². The van der Waals surface area contributed by atoms with E-state index in [9.17, 15) is 14.4 Å². The van der Waals surface area contributed by atoms with Gasteiger partial charge in [0.2, 0.25) is 11.8 Å². The Morgan fingerprint density at radius 2 is 2.14 bits per heavy atom. The number of nitrogens with one attached hydrogen (secondary N) is 3. The van der Waals surface area contributed by atoms with Crippen molar-refractivity contribution in [2.45, 2.75) is 18.6 Å². The molecule has 0 spiro atoms. The molecule has 0 saturated carbocycles. The third kappa shape index (κ3) is 3.85. The highest BCUT2D eigenvalue weighted by Crippen LogP contribution is 2.23. The van der Waals surface area contributed by atoms with Crippen molar-refractivity contribution in [3.8, 4) is 0 Å². The molecule has 0 bridgehead atoms. The summed E-state index contributed by atoms with van der Waals surface area (Å²) >= 11 is 1.00. The average Bonchev–Trinajstić information content (AvgIpc) is 2.77. The molecule has 0 aromatic heterocycles. The standard InChI is InChI=1S/C14H15N3O4S/c1-2-21-13(20)8-5-3-4-6-9(8)16-11(18)7-10-12(19)17-14(15)22-10/h3-6,10H,2,7H2,1H3,(H,16,18)(H2,15,17,19). The number of ether oxygens (including phenoxy) is 1. The topological polar surface area (TPSA) is 108 Å². The maximum Gasteiger partial charge on any atom is 0.340 e. The van der Waals surface area contributed by atoms with Crippen LogP contribution in [0.2, 0.25) is 0 Å². The molecular formula is C14H15N3O4S. The zero-order valence-corrected chi connectivity index (χ0v) is 12.7. The fourth-order valence-corrected chi connectivity index (χ4v) is 2.75. The van der Waals surface area contributed by atoms with E-state index in [0.29, 0.717) is 5.69 Å². The molecule has 7 nitrogen and oxygen atoms in total. The molecule has 22 heavy (non-hydrogen) atoms. The highest BCUT2D eigenvalue weighted by atomic mass is 32.2. The normalized spacial score (nSPS) is 17.0. The highest BCUT2D eigenvalue weighted by Gasteiger charge is 2.31. The van der Waals surface area contributed by atoms with Crippen LogP contribution < -0.4 is 10.6 Å². The SMILES string of the molecule is CCOC(=O)c1ccccc1NC(=O)CC1SC(=N)NC1=O. The van der Waals surface area contributed by atoms with Gasteiger partial charge < -0.3 is 15.4 Å². The van der Waals surface area contributed by atoms with Crippen LogP contribution in [0.1, 0.15) is 23.7 Å². The maximum absolute atomic E-state index is 12.0. The first-order chi connectivity index (χ1) is 10.5. The van der Waals surface area contributed by atoms with Gasteiger partial charge in [-0.2, -0.15) is 0 Å². The smallest absolute Gasteiger partial charge is 0.340 e. The van der Waals surface area contributed by atoms with Gasteiger partial charge in [0.05, 0.1) is 17.9 Å². The Labute approximate surface area is 131 Å². The number of thioether (sulfide) groups is 1. The van der Waals surface area contributed by atoms with E-state index in [4.69, 9.17) is 10.1 Å². The fraction of sp³-hybridized carbons (Fsp3) is 0.286. The predicted molar refractivity (Wildman–Crippen MR) is 82.9 cm³/mol. The molecule has 1 unspecified atom stereocenters. The van der Waals surface area contributed by atoms with Gasteiger partial charge in [0.15, 0.2) is 5.17 Å². The van der Waals surface area contributed by atoms with Gasteiger partial charge in [-0.05, 0) is 19.1 Å². The van der Waals surface area contributed by atoms with Crippen LogP contribution in [-0.4, -0.2) is 34.8 Å². The first kappa shape index (κ1) is 16.0. The van der Waals surface area contributed by atoms with Crippen LogP contribution in [-0.2, 0) is 14.3 Å². The number of carbonyl (C=O) groups is 3. The molecule has 1 fully saturated rings. The van der Waals surface area contributed by atoms with Crippen molar-refractivity contribution in [3.63, 3.8) is 0 Å². The van der Waals surface area contributed by atoms with Crippen LogP contribution in [0.3, 0.4) is 0 Å². The van der Waals surface area contributed by atoms with Crippen LogP contribution in [0, 0.1) is 5.41 Å². The molecular weight excluding hydrogens is 306 g/mol. The molecule has 1 atom stereocenters. The number of anilines is 1. The second-order valence-electron chi connectivity index (χ2n) is 4.44. The second-order valence-corrected chi connectivity index (χ2v) is 5.66. The molecule has 1 aliphatic heterocycles. The minimum absolute atomic E-state index is 0.0368. The molecule has 2 rings (SSSR count). The Morgan fingerprint density at radius 3 is 2.77 bits per heavy atom. The predicted octanol–water partition coefficient (Wildman–Crippen LogP) is 1.36. The molecule has 1 aromatic rings. The number of rotatable bonds is 5. The number of esters is 1. The minimum Gasteiger partial charge on any atom is -0.462 e. The summed E-state index contributed by atoms with van der Waals surface area (Å²) in [5.74, 6) is -1.28. The lowest BCUT2D eigenvalue weighted by molar-refractivity contribution is -0.122. The first-order valence-electron chi connectivity index (χ1n) is 6.63. The summed E-state index contributed by atoms with van der Waals surface area (Å²) in [6.45, 7) is 1.94. The monoisotopic (exact) mass is 321 g/mol. The van der Waals surface area contributed by atoms with Crippen molar-refractivity contribution < 1.29 is 19.1 Å². The van der Waals surface area contributed by atoms with E-state index in [0.717, 1.165) is 11.8 Å². The van der Waals surface area contributed by atoms with Gasteiger partial charge in [0, 0.05) is 6.42 Å². The Morgan fingerprint density at radius 1 is 1.41 bits per heavy atom. The minimum atomic E-state index is -0.623. The molecule has 116 valence electrons. The lowest BCUT2D eigenvalue weighted by Gasteiger charge is -2.11. The summed E-state index contributed by atoms with van der Waals surface area (Å²) in [6, 6.07) is 6.50. The third-order valence-electron chi connectivity index (χ3n) is 2.86. The maximum atomic E-state index is 12.0. The molecule has 1 saturated heterocycles. The molecule has 2 amide bonds. The molecule has 8 heteroatoms. The van der Waals surface area contributed by atoms with Crippen molar-refractivity contribution in [2.24, 2.45) is 0 Å². The number of hydrogen-bond donors (Lipinski definition) is 3. The third-order valence-corrected chi connectivity index (χ3v) is 3.86. The van der Waals surface area contributed by atoms with Crippen LogP contribution in [0.5, 0.6) is 0 Å². The van der Waals surface area contributed by atoms with Gasteiger partial charge in [-0.25, -0.2) is 4.79 Å². The van der Waals surface area contributed by atoms with Gasteiger partial charge >= 0.3 is 5.97 Å². The van der Waals surface area contributed by atoms with E-state index in [2.05, 4.69) is 10.6 Å². The lowest BCUT2D eigenvalue weighted by atomic mass is 10.1. The van der Waals surface area contributed by atoms with Crippen LogP contribution in [0.15, 0.2) is 24.3 Å². The number of para-hydroxylation sites is 1. The van der Waals surface area contributed by atoms with Crippen molar-refractivity contribution in [1.29, 1.82) is 5.41 Å². The Kier molecular flexibility index (Phi) is 5.16. The van der Waals surface area contributed by atoms with E-state index in [-0.39, 0.29) is 29.7 Å². The van der Waals surface area contributed by atoms with Crippen molar-refractivity contribution in [2.75, 3.05) is 11.9 Å². The number of amidine groups is 1. The van der Waals surface area contributed by atoms with E-state index < -0.39 is 17.1 Å². The molecule has 1 aliphatic rings. The highest BCUT2D eigenvalue weighted by molar-refractivity contribution is 8.15. The number of benzene rings is 1. The van der Waals surface area contributed by atoms with Crippen molar-refractivity contribution >= 4 is 40.4 Å². The van der Waals surface area contributed by atoms with Crippen LogP contribution in [0.25, 0.3) is 0 Å². The van der Waals surface area contributed by atoms with Gasteiger partial charge in [0.1, 0.15) is 5.25 Å². The zero-order chi connectivity index (χ0) is 16.1. The average molecular weight is 321 g/mol. The summed E-state index contributed by atoms with van der Waals surface area (Å²) in [5.41, 5.74) is 0.596. The molecule has 0 aliphatic carbocycles. The van der Waals surface area contributed by atoms with E-state index >= 15 is 0 Å². The summed E-state index contributed by atoms with van der Waals surface area (Å²) in [5, 5.41) is 11.7. The molecule has 3 N–H and O–H groups in total. The number of amides is 2. The molecule has 1 heterocycles. The summed E-state index contributed by atoms with van der Waals surface area (Å²) < 4.78 is 4.93. The fourth-order valence-electron chi connectivity index (χ4n) is 1.90. The Hall–Kier alpha value is -2.35.